The van der Waals surface area contributed by atoms with E-state index in [0.29, 0.717) is 23.3 Å². The molecule has 1 aromatic carbocycles. The lowest BCUT2D eigenvalue weighted by Crippen LogP contribution is -2.30. The van der Waals surface area contributed by atoms with Gasteiger partial charge in [-0.25, -0.2) is 28.8 Å². The molecule has 33 heavy (non-hydrogen) atoms. The Morgan fingerprint density at radius 2 is 1.94 bits per heavy atom. The molecule has 10 nitrogen and oxygen atoms in total. The molecule has 1 aliphatic rings. The first-order valence-electron chi connectivity index (χ1n) is 10.5. The maximum atomic E-state index is 13.4. The molecule has 3 heterocycles. The number of carbonyl (C=O) groups is 2. The van der Waals surface area contributed by atoms with Crippen molar-refractivity contribution in [2.75, 3.05) is 5.32 Å². The first kappa shape index (κ1) is 20.7. The second kappa shape index (κ2) is 8.41. The van der Waals surface area contributed by atoms with Crippen molar-refractivity contribution in [3.63, 3.8) is 0 Å². The molecule has 2 N–H and O–H groups in total. The third kappa shape index (κ3) is 3.93. The van der Waals surface area contributed by atoms with Crippen molar-refractivity contribution in [3.8, 4) is 5.69 Å². The fourth-order valence-electron chi connectivity index (χ4n) is 3.91. The highest BCUT2D eigenvalue weighted by molar-refractivity contribution is 6.00. The lowest BCUT2D eigenvalue weighted by atomic mass is 9.95. The van der Waals surface area contributed by atoms with E-state index >= 15 is 0 Å². The Balaban J connectivity index is 1.36. The SMILES string of the molecule is CC(OC(=O)c1nn(-c2ccc(F)cc2)c2c1CCCC2)C(=O)Nc1ncnc2nc[nH]c12. The van der Waals surface area contributed by atoms with Crippen LogP contribution in [0.15, 0.2) is 36.9 Å². The lowest BCUT2D eigenvalue weighted by Gasteiger charge is -2.15. The fraction of sp³-hybridized carbons (Fsp3) is 0.273. The number of anilines is 1. The van der Waals surface area contributed by atoms with E-state index in [9.17, 15) is 14.0 Å². The Bertz CT molecular complexity index is 1350. The van der Waals surface area contributed by atoms with Crippen LogP contribution in [0.4, 0.5) is 10.2 Å². The molecule has 1 unspecified atom stereocenters. The highest BCUT2D eigenvalue weighted by Gasteiger charge is 2.29. The number of hydrogen-bond donors (Lipinski definition) is 2. The average Bonchev–Trinajstić information content (AvgIpc) is 3.45. The Hall–Kier alpha value is -4.15. The number of benzene rings is 1. The van der Waals surface area contributed by atoms with Gasteiger partial charge in [-0.05, 0) is 56.9 Å². The van der Waals surface area contributed by atoms with E-state index < -0.39 is 18.0 Å². The van der Waals surface area contributed by atoms with Crippen molar-refractivity contribution in [2.45, 2.75) is 38.7 Å². The molecule has 0 saturated heterocycles. The molecule has 1 aliphatic carbocycles. The minimum Gasteiger partial charge on any atom is -0.448 e. The molecule has 3 aromatic heterocycles. The highest BCUT2D eigenvalue weighted by atomic mass is 19.1. The molecule has 1 atom stereocenters. The summed E-state index contributed by atoms with van der Waals surface area (Å²) < 4.78 is 20.5. The first-order valence-corrected chi connectivity index (χ1v) is 10.5. The van der Waals surface area contributed by atoms with E-state index in [0.717, 1.165) is 30.5 Å². The molecule has 0 bridgehead atoms. The van der Waals surface area contributed by atoms with Gasteiger partial charge in [0.05, 0.1) is 12.0 Å². The summed E-state index contributed by atoms with van der Waals surface area (Å²) in [6.07, 6.45) is 4.95. The number of aromatic amines is 1. The summed E-state index contributed by atoms with van der Waals surface area (Å²) in [5, 5.41) is 7.10. The van der Waals surface area contributed by atoms with Crippen LogP contribution in [-0.4, -0.2) is 47.7 Å². The second-order valence-corrected chi connectivity index (χ2v) is 7.73. The van der Waals surface area contributed by atoms with Gasteiger partial charge in [0, 0.05) is 11.3 Å². The largest absolute Gasteiger partial charge is 0.448 e. The van der Waals surface area contributed by atoms with E-state index in [1.807, 2.05) is 0 Å². The number of imidazole rings is 1. The summed E-state index contributed by atoms with van der Waals surface area (Å²) in [6, 6.07) is 5.92. The zero-order chi connectivity index (χ0) is 22.9. The van der Waals surface area contributed by atoms with Gasteiger partial charge in [0.2, 0.25) is 0 Å². The molecule has 0 spiro atoms. The number of nitrogens with one attached hydrogen (secondary N) is 2. The fourth-order valence-corrected chi connectivity index (χ4v) is 3.91. The van der Waals surface area contributed by atoms with Gasteiger partial charge in [-0.3, -0.25) is 4.79 Å². The van der Waals surface area contributed by atoms with Crippen LogP contribution < -0.4 is 5.32 Å². The van der Waals surface area contributed by atoms with Crippen LogP contribution in [0, 0.1) is 5.82 Å². The second-order valence-electron chi connectivity index (χ2n) is 7.73. The van der Waals surface area contributed by atoms with Crippen molar-refractivity contribution in [3.05, 3.63) is 59.7 Å². The highest BCUT2D eigenvalue weighted by Crippen LogP contribution is 2.28. The Morgan fingerprint density at radius 3 is 2.76 bits per heavy atom. The molecule has 0 saturated carbocycles. The van der Waals surface area contributed by atoms with E-state index in [2.05, 4.69) is 30.4 Å². The van der Waals surface area contributed by atoms with E-state index in [-0.39, 0.29) is 17.3 Å². The van der Waals surface area contributed by atoms with Crippen molar-refractivity contribution >= 4 is 28.9 Å². The van der Waals surface area contributed by atoms with Crippen LogP contribution in [0.5, 0.6) is 0 Å². The predicted octanol–water partition coefficient (Wildman–Crippen LogP) is 2.74. The number of esters is 1. The van der Waals surface area contributed by atoms with Gasteiger partial charge in [0.15, 0.2) is 23.3 Å². The topological polar surface area (TPSA) is 128 Å². The lowest BCUT2D eigenvalue weighted by molar-refractivity contribution is -0.123. The molecule has 0 aliphatic heterocycles. The number of hydrogen-bond acceptors (Lipinski definition) is 7. The average molecular weight is 449 g/mol. The number of halogens is 1. The summed E-state index contributed by atoms with van der Waals surface area (Å²) >= 11 is 0. The molecular weight excluding hydrogens is 429 g/mol. The van der Waals surface area contributed by atoms with Crippen LogP contribution in [0.3, 0.4) is 0 Å². The number of aromatic nitrogens is 6. The molecule has 5 rings (SSSR count). The number of rotatable bonds is 5. The van der Waals surface area contributed by atoms with Crippen LogP contribution in [-0.2, 0) is 22.4 Å². The molecule has 168 valence electrons. The summed E-state index contributed by atoms with van der Waals surface area (Å²) in [7, 11) is 0. The summed E-state index contributed by atoms with van der Waals surface area (Å²) in [4.78, 5) is 40.5. The number of ether oxygens (including phenoxy) is 1. The molecule has 11 heteroatoms. The van der Waals surface area contributed by atoms with Crippen molar-refractivity contribution in [1.29, 1.82) is 0 Å². The van der Waals surface area contributed by atoms with Crippen molar-refractivity contribution in [2.24, 2.45) is 0 Å². The molecular formula is C22H20FN7O3. The standard InChI is InChI=1S/C22H20FN7O3/c1-12(21(31)28-20-18-19(25-10-24-18)26-11-27-20)33-22(32)17-15-4-2-3-5-16(15)30(29-17)14-8-6-13(23)7-9-14/h6-12H,2-5H2,1H3,(H2,24,25,26,27,28,31). The molecule has 0 fully saturated rings. The maximum absolute atomic E-state index is 13.4. The number of carbonyl (C=O) groups excluding carboxylic acids is 2. The van der Waals surface area contributed by atoms with Gasteiger partial charge in [-0.15, -0.1) is 0 Å². The smallest absolute Gasteiger partial charge is 0.359 e. The minimum absolute atomic E-state index is 0.173. The monoisotopic (exact) mass is 449 g/mol. The third-order valence-corrected chi connectivity index (χ3v) is 5.56. The van der Waals surface area contributed by atoms with Gasteiger partial charge in [0.25, 0.3) is 5.91 Å². The van der Waals surface area contributed by atoms with Crippen LogP contribution in [0.2, 0.25) is 0 Å². The Kier molecular flexibility index (Phi) is 5.29. The normalized spacial score (nSPS) is 14.0. The maximum Gasteiger partial charge on any atom is 0.359 e. The number of nitrogens with zero attached hydrogens (tertiary/aromatic N) is 5. The molecule has 4 aromatic rings. The zero-order valence-corrected chi connectivity index (χ0v) is 17.7. The van der Waals surface area contributed by atoms with Gasteiger partial charge in [-0.1, -0.05) is 0 Å². The number of amides is 1. The number of fused-ring (bicyclic) bond motifs is 2. The molecule has 1 amide bonds. The van der Waals surface area contributed by atoms with Crippen molar-refractivity contribution in [1.82, 2.24) is 29.7 Å². The van der Waals surface area contributed by atoms with E-state index in [1.54, 1.807) is 16.8 Å². The Labute approximate surface area is 187 Å². The zero-order valence-electron chi connectivity index (χ0n) is 17.7. The van der Waals surface area contributed by atoms with Gasteiger partial charge in [0.1, 0.15) is 17.7 Å². The Morgan fingerprint density at radius 1 is 1.15 bits per heavy atom. The third-order valence-electron chi connectivity index (χ3n) is 5.56. The van der Waals surface area contributed by atoms with Crippen LogP contribution in [0.25, 0.3) is 16.9 Å². The summed E-state index contributed by atoms with van der Waals surface area (Å²) in [6.45, 7) is 1.47. The summed E-state index contributed by atoms with van der Waals surface area (Å²) in [5.74, 6) is -1.35. The van der Waals surface area contributed by atoms with Gasteiger partial charge in [-0.2, -0.15) is 5.10 Å². The predicted molar refractivity (Wildman–Crippen MR) is 115 cm³/mol. The first-order chi connectivity index (χ1) is 16.0. The quantitative estimate of drug-likeness (QED) is 0.449. The number of H-pyrrole nitrogens is 1. The molecule has 0 radical (unpaired) electrons. The van der Waals surface area contributed by atoms with E-state index in [4.69, 9.17) is 4.74 Å². The minimum atomic E-state index is -1.10. The van der Waals surface area contributed by atoms with Crippen LogP contribution >= 0.6 is 0 Å². The van der Waals surface area contributed by atoms with Gasteiger partial charge < -0.3 is 15.0 Å². The van der Waals surface area contributed by atoms with E-state index in [1.165, 1.54) is 31.7 Å². The summed E-state index contributed by atoms with van der Waals surface area (Å²) in [5.41, 5.74) is 3.41. The van der Waals surface area contributed by atoms with Crippen molar-refractivity contribution < 1.29 is 18.7 Å². The van der Waals surface area contributed by atoms with Crippen LogP contribution in [0.1, 0.15) is 41.5 Å². The van der Waals surface area contributed by atoms with Gasteiger partial charge >= 0.3 is 5.97 Å².